The highest BCUT2D eigenvalue weighted by molar-refractivity contribution is 7.15. The third-order valence-electron chi connectivity index (χ3n) is 4.12. The number of benzene rings is 1. The van der Waals surface area contributed by atoms with Crippen molar-refractivity contribution in [3.05, 3.63) is 40.4 Å². The van der Waals surface area contributed by atoms with E-state index in [-0.39, 0.29) is 6.03 Å². The number of piperazine rings is 1. The Bertz CT molecular complexity index is 750. The number of urea groups is 1. The fourth-order valence-electron chi connectivity index (χ4n) is 2.52. The van der Waals surface area contributed by atoms with E-state index in [1.165, 1.54) is 4.88 Å². The van der Waals surface area contributed by atoms with Crippen LogP contribution in [0.1, 0.15) is 16.1 Å². The standard InChI is InChI=1S/C17H19N5OS/c1-12-13(2)24-17(19-12)22-9-7-21(8-10-22)16(23)20-15-5-3-14(11-18)4-6-15/h3-6H,7-10H2,1-2H3,(H,20,23). The second-order valence-corrected chi connectivity index (χ2v) is 6.91. The van der Waals surface area contributed by atoms with Gasteiger partial charge in [-0.15, -0.1) is 11.3 Å². The van der Waals surface area contributed by atoms with Gasteiger partial charge in [-0.2, -0.15) is 5.26 Å². The lowest BCUT2D eigenvalue weighted by atomic mass is 10.2. The number of nitriles is 1. The molecule has 0 radical (unpaired) electrons. The Morgan fingerprint density at radius 2 is 1.88 bits per heavy atom. The molecule has 1 aromatic carbocycles. The largest absolute Gasteiger partial charge is 0.345 e. The van der Waals surface area contributed by atoms with Gasteiger partial charge in [0, 0.05) is 36.7 Å². The molecule has 0 atom stereocenters. The molecule has 7 heteroatoms. The maximum Gasteiger partial charge on any atom is 0.321 e. The van der Waals surface area contributed by atoms with Gasteiger partial charge in [-0.25, -0.2) is 9.78 Å². The molecule has 1 saturated heterocycles. The Kier molecular flexibility index (Phi) is 4.67. The minimum absolute atomic E-state index is 0.106. The van der Waals surface area contributed by atoms with Gasteiger partial charge in [-0.1, -0.05) is 0 Å². The first-order valence-electron chi connectivity index (χ1n) is 7.82. The third-order valence-corrected chi connectivity index (χ3v) is 5.25. The van der Waals surface area contributed by atoms with Gasteiger partial charge in [0.1, 0.15) is 0 Å². The molecule has 3 rings (SSSR count). The molecule has 0 unspecified atom stereocenters. The Morgan fingerprint density at radius 1 is 1.21 bits per heavy atom. The second-order valence-electron chi connectivity index (χ2n) is 5.73. The average Bonchev–Trinajstić information content (AvgIpc) is 2.95. The Balaban J connectivity index is 1.55. The van der Waals surface area contributed by atoms with Crippen molar-refractivity contribution in [2.45, 2.75) is 13.8 Å². The van der Waals surface area contributed by atoms with Crippen LogP contribution in [0.15, 0.2) is 24.3 Å². The van der Waals surface area contributed by atoms with Gasteiger partial charge in [-0.3, -0.25) is 0 Å². The predicted octanol–water partition coefficient (Wildman–Crippen LogP) is 2.99. The van der Waals surface area contributed by atoms with Crippen LogP contribution >= 0.6 is 11.3 Å². The SMILES string of the molecule is Cc1nc(N2CCN(C(=O)Nc3ccc(C#N)cc3)CC2)sc1C. The van der Waals surface area contributed by atoms with Gasteiger partial charge in [0.05, 0.1) is 17.3 Å². The first-order chi connectivity index (χ1) is 11.6. The van der Waals surface area contributed by atoms with Crippen LogP contribution in [-0.2, 0) is 0 Å². The molecular weight excluding hydrogens is 322 g/mol. The predicted molar refractivity (Wildman–Crippen MR) is 95.5 cm³/mol. The molecule has 0 bridgehead atoms. The maximum atomic E-state index is 12.3. The highest BCUT2D eigenvalue weighted by Crippen LogP contribution is 2.26. The summed E-state index contributed by atoms with van der Waals surface area (Å²) in [5.41, 5.74) is 2.36. The van der Waals surface area contributed by atoms with Crippen molar-refractivity contribution < 1.29 is 4.79 Å². The second kappa shape index (κ2) is 6.89. The van der Waals surface area contributed by atoms with Gasteiger partial charge in [0.15, 0.2) is 5.13 Å². The number of carbonyl (C=O) groups excluding carboxylic acids is 1. The number of hydrogen-bond donors (Lipinski definition) is 1. The lowest BCUT2D eigenvalue weighted by molar-refractivity contribution is 0.208. The van der Waals surface area contributed by atoms with E-state index in [1.807, 2.05) is 11.8 Å². The van der Waals surface area contributed by atoms with Crippen LogP contribution in [0.25, 0.3) is 0 Å². The molecule has 0 aliphatic carbocycles. The van der Waals surface area contributed by atoms with E-state index in [0.717, 1.165) is 23.9 Å². The van der Waals surface area contributed by atoms with E-state index in [9.17, 15) is 4.79 Å². The van der Waals surface area contributed by atoms with Crippen LogP contribution in [0, 0.1) is 25.2 Å². The topological polar surface area (TPSA) is 72.3 Å². The number of aromatic nitrogens is 1. The number of thiazole rings is 1. The van der Waals surface area contributed by atoms with Crippen molar-refractivity contribution >= 4 is 28.2 Å². The van der Waals surface area contributed by atoms with Crippen LogP contribution in [-0.4, -0.2) is 42.1 Å². The molecule has 124 valence electrons. The lowest BCUT2D eigenvalue weighted by Crippen LogP contribution is -2.50. The highest BCUT2D eigenvalue weighted by Gasteiger charge is 2.23. The van der Waals surface area contributed by atoms with Crippen LogP contribution in [0.4, 0.5) is 15.6 Å². The van der Waals surface area contributed by atoms with Gasteiger partial charge < -0.3 is 15.1 Å². The lowest BCUT2D eigenvalue weighted by Gasteiger charge is -2.34. The minimum atomic E-state index is -0.106. The van der Waals surface area contributed by atoms with Crippen molar-refractivity contribution in [1.29, 1.82) is 5.26 Å². The molecule has 1 aliphatic rings. The summed E-state index contributed by atoms with van der Waals surface area (Å²) in [5.74, 6) is 0. The van der Waals surface area contributed by atoms with E-state index in [1.54, 1.807) is 35.6 Å². The van der Waals surface area contributed by atoms with Gasteiger partial charge in [0.2, 0.25) is 0 Å². The smallest absolute Gasteiger partial charge is 0.321 e. The van der Waals surface area contributed by atoms with E-state index >= 15 is 0 Å². The fraction of sp³-hybridized carbons (Fsp3) is 0.353. The molecule has 1 aromatic heterocycles. The molecule has 1 aliphatic heterocycles. The van der Waals surface area contributed by atoms with Gasteiger partial charge in [-0.05, 0) is 38.1 Å². The van der Waals surface area contributed by atoms with E-state index in [2.05, 4.69) is 28.2 Å². The fourth-order valence-corrected chi connectivity index (χ4v) is 3.48. The number of amides is 2. The molecule has 2 aromatic rings. The van der Waals surface area contributed by atoms with Crippen molar-refractivity contribution in [1.82, 2.24) is 9.88 Å². The van der Waals surface area contributed by atoms with Crippen LogP contribution < -0.4 is 10.2 Å². The Labute approximate surface area is 145 Å². The monoisotopic (exact) mass is 341 g/mol. The van der Waals surface area contributed by atoms with Crippen molar-refractivity contribution in [3.63, 3.8) is 0 Å². The quantitative estimate of drug-likeness (QED) is 0.911. The van der Waals surface area contributed by atoms with Crippen molar-refractivity contribution in [2.24, 2.45) is 0 Å². The van der Waals surface area contributed by atoms with Crippen LogP contribution in [0.5, 0.6) is 0 Å². The van der Waals surface area contributed by atoms with Crippen molar-refractivity contribution in [2.75, 3.05) is 36.4 Å². The molecule has 0 spiro atoms. The summed E-state index contributed by atoms with van der Waals surface area (Å²) >= 11 is 1.71. The molecule has 0 saturated carbocycles. The number of anilines is 2. The summed E-state index contributed by atoms with van der Waals surface area (Å²) in [5, 5.41) is 12.7. The molecular formula is C17H19N5OS. The summed E-state index contributed by atoms with van der Waals surface area (Å²) in [4.78, 5) is 22.2. The summed E-state index contributed by atoms with van der Waals surface area (Å²) in [6.07, 6.45) is 0. The molecule has 2 amide bonds. The summed E-state index contributed by atoms with van der Waals surface area (Å²) < 4.78 is 0. The molecule has 24 heavy (non-hydrogen) atoms. The van der Waals surface area contributed by atoms with Gasteiger partial charge >= 0.3 is 6.03 Å². The highest BCUT2D eigenvalue weighted by atomic mass is 32.1. The van der Waals surface area contributed by atoms with Crippen LogP contribution in [0.2, 0.25) is 0 Å². The number of nitrogens with one attached hydrogen (secondary N) is 1. The van der Waals surface area contributed by atoms with Gasteiger partial charge in [0.25, 0.3) is 0 Å². The van der Waals surface area contributed by atoms with Crippen LogP contribution in [0.3, 0.4) is 0 Å². The number of hydrogen-bond acceptors (Lipinski definition) is 5. The molecule has 1 fully saturated rings. The summed E-state index contributed by atoms with van der Waals surface area (Å²) in [6.45, 7) is 7.01. The molecule has 2 heterocycles. The third kappa shape index (κ3) is 3.49. The molecule has 1 N–H and O–H groups in total. The zero-order valence-electron chi connectivity index (χ0n) is 13.7. The number of rotatable bonds is 2. The van der Waals surface area contributed by atoms with E-state index in [0.29, 0.717) is 24.3 Å². The molecule has 6 nitrogen and oxygen atoms in total. The normalized spacial score (nSPS) is 14.4. The first kappa shape index (κ1) is 16.3. The van der Waals surface area contributed by atoms with E-state index < -0.39 is 0 Å². The zero-order valence-corrected chi connectivity index (χ0v) is 14.6. The maximum absolute atomic E-state index is 12.3. The number of carbonyl (C=O) groups is 1. The summed E-state index contributed by atoms with van der Waals surface area (Å²) in [7, 11) is 0. The number of aryl methyl sites for hydroxylation is 2. The minimum Gasteiger partial charge on any atom is -0.345 e. The first-order valence-corrected chi connectivity index (χ1v) is 8.63. The Morgan fingerprint density at radius 3 is 2.42 bits per heavy atom. The number of nitrogens with zero attached hydrogens (tertiary/aromatic N) is 4. The van der Waals surface area contributed by atoms with E-state index in [4.69, 9.17) is 5.26 Å². The summed E-state index contributed by atoms with van der Waals surface area (Å²) in [6, 6.07) is 8.84. The van der Waals surface area contributed by atoms with Crippen molar-refractivity contribution in [3.8, 4) is 6.07 Å². The Hall–Kier alpha value is -2.59. The zero-order chi connectivity index (χ0) is 17.1. The average molecular weight is 341 g/mol.